The van der Waals surface area contributed by atoms with Gasteiger partial charge in [-0.05, 0) is 24.1 Å². The zero-order valence-electron chi connectivity index (χ0n) is 11.6. The Morgan fingerprint density at radius 2 is 1.95 bits per heavy atom. The lowest BCUT2D eigenvalue weighted by Crippen LogP contribution is -2.41. The Balaban J connectivity index is 2.32. The molecule has 110 valence electrons. The quantitative estimate of drug-likeness (QED) is 0.833. The third kappa shape index (κ3) is 5.61. The molecule has 0 fully saturated rings. The summed E-state index contributed by atoms with van der Waals surface area (Å²) in [5.41, 5.74) is 1.13. The summed E-state index contributed by atoms with van der Waals surface area (Å²) in [5.74, 6) is -1.48. The summed E-state index contributed by atoms with van der Waals surface area (Å²) in [6, 6.07) is 7.64. The lowest BCUT2D eigenvalue weighted by Gasteiger charge is -2.20. The summed E-state index contributed by atoms with van der Waals surface area (Å²) < 4.78 is 1.02. The van der Waals surface area contributed by atoms with Crippen LogP contribution in [0.25, 0.3) is 0 Å². The van der Waals surface area contributed by atoms with Crippen LogP contribution in [0.1, 0.15) is 12.5 Å². The fourth-order valence-corrected chi connectivity index (χ4v) is 1.94. The minimum absolute atomic E-state index is 0.194. The zero-order chi connectivity index (χ0) is 15.1. The first-order valence-corrected chi connectivity index (χ1v) is 7.15. The van der Waals surface area contributed by atoms with Crippen molar-refractivity contribution in [3.8, 4) is 0 Å². The number of carbonyl (C=O) groups excluding carboxylic acids is 1. The Morgan fingerprint density at radius 3 is 2.50 bits per heavy atom. The highest BCUT2D eigenvalue weighted by atomic mass is 79.9. The normalized spacial score (nSPS) is 11.8. The smallest absolute Gasteiger partial charge is 0.317 e. The number of hydrogen-bond donors (Lipinski definition) is 2. The lowest BCUT2D eigenvalue weighted by molar-refractivity contribution is -0.141. The molecule has 0 aliphatic heterocycles. The van der Waals surface area contributed by atoms with Gasteiger partial charge < -0.3 is 15.3 Å². The molecule has 20 heavy (non-hydrogen) atoms. The maximum atomic E-state index is 11.8. The molecule has 0 spiro atoms. The predicted molar refractivity (Wildman–Crippen MR) is 80.7 cm³/mol. The first-order valence-electron chi connectivity index (χ1n) is 6.36. The number of carbonyl (C=O) groups is 2. The Labute approximate surface area is 127 Å². The summed E-state index contributed by atoms with van der Waals surface area (Å²) in [4.78, 5) is 23.9. The second-order valence-corrected chi connectivity index (χ2v) is 5.64. The van der Waals surface area contributed by atoms with Crippen molar-refractivity contribution in [1.29, 1.82) is 0 Å². The van der Waals surface area contributed by atoms with Gasteiger partial charge in [0, 0.05) is 24.6 Å². The van der Waals surface area contributed by atoms with Crippen molar-refractivity contribution < 1.29 is 14.7 Å². The van der Waals surface area contributed by atoms with Crippen molar-refractivity contribution in [2.75, 3.05) is 20.1 Å². The van der Waals surface area contributed by atoms with Gasteiger partial charge in [0.25, 0.3) is 0 Å². The van der Waals surface area contributed by atoms with E-state index in [9.17, 15) is 9.59 Å². The molecule has 0 saturated heterocycles. The number of nitrogens with one attached hydrogen (secondary N) is 1. The Morgan fingerprint density at radius 1 is 1.35 bits per heavy atom. The standard InChI is InChI=1S/C14H19BrN2O3/c1-10(13(18)19)9-17(2)14(20)16-8-7-11-3-5-12(15)6-4-11/h3-6,10H,7-9H2,1-2H3,(H,16,20)(H,18,19). The molecule has 0 radical (unpaired) electrons. The Kier molecular flexibility index (Phi) is 6.51. The van der Waals surface area contributed by atoms with Gasteiger partial charge in [-0.3, -0.25) is 4.79 Å². The van der Waals surface area contributed by atoms with E-state index in [1.165, 1.54) is 4.90 Å². The van der Waals surface area contributed by atoms with Crippen LogP contribution in [0.4, 0.5) is 4.79 Å². The number of amides is 2. The van der Waals surface area contributed by atoms with Gasteiger partial charge in [-0.25, -0.2) is 4.79 Å². The van der Waals surface area contributed by atoms with E-state index in [4.69, 9.17) is 5.11 Å². The molecule has 2 amide bonds. The van der Waals surface area contributed by atoms with E-state index in [0.29, 0.717) is 6.54 Å². The van der Waals surface area contributed by atoms with Gasteiger partial charge in [-0.1, -0.05) is 35.0 Å². The van der Waals surface area contributed by atoms with Crippen molar-refractivity contribution in [3.05, 3.63) is 34.3 Å². The summed E-state index contributed by atoms with van der Waals surface area (Å²) >= 11 is 3.37. The minimum Gasteiger partial charge on any atom is -0.481 e. The van der Waals surface area contributed by atoms with E-state index in [1.54, 1.807) is 14.0 Å². The number of rotatable bonds is 6. The van der Waals surface area contributed by atoms with E-state index in [1.807, 2.05) is 24.3 Å². The van der Waals surface area contributed by atoms with Crippen LogP contribution >= 0.6 is 15.9 Å². The fourth-order valence-electron chi connectivity index (χ4n) is 1.67. The largest absolute Gasteiger partial charge is 0.481 e. The number of carboxylic acids is 1. The van der Waals surface area contributed by atoms with Crippen molar-refractivity contribution >= 4 is 27.9 Å². The highest BCUT2D eigenvalue weighted by Crippen LogP contribution is 2.10. The highest BCUT2D eigenvalue weighted by molar-refractivity contribution is 9.10. The molecule has 0 bridgehead atoms. The van der Waals surface area contributed by atoms with E-state index in [-0.39, 0.29) is 12.6 Å². The molecule has 0 aliphatic rings. The van der Waals surface area contributed by atoms with Gasteiger partial charge in [-0.15, -0.1) is 0 Å². The van der Waals surface area contributed by atoms with E-state index in [0.717, 1.165) is 16.5 Å². The molecule has 1 aromatic rings. The van der Waals surface area contributed by atoms with Gasteiger partial charge in [0.2, 0.25) is 0 Å². The zero-order valence-corrected chi connectivity index (χ0v) is 13.2. The second-order valence-electron chi connectivity index (χ2n) is 4.73. The summed E-state index contributed by atoms with van der Waals surface area (Å²) in [6.07, 6.45) is 0.737. The molecular weight excluding hydrogens is 324 g/mol. The summed E-state index contributed by atoms with van der Waals surface area (Å²) in [6.45, 7) is 2.29. The van der Waals surface area contributed by atoms with Crippen molar-refractivity contribution in [2.24, 2.45) is 5.92 Å². The number of carboxylic acid groups (broad SMARTS) is 1. The maximum absolute atomic E-state index is 11.8. The van der Waals surface area contributed by atoms with Crippen LogP contribution in [0.15, 0.2) is 28.7 Å². The molecule has 1 rings (SSSR count). The van der Waals surface area contributed by atoms with Gasteiger partial charge in [0.1, 0.15) is 0 Å². The molecule has 1 aromatic carbocycles. The lowest BCUT2D eigenvalue weighted by atomic mass is 10.1. The van der Waals surface area contributed by atoms with Gasteiger partial charge in [0.15, 0.2) is 0 Å². The monoisotopic (exact) mass is 342 g/mol. The average Bonchev–Trinajstić information content (AvgIpc) is 2.40. The SMILES string of the molecule is CC(CN(C)C(=O)NCCc1ccc(Br)cc1)C(=O)O. The van der Waals surface area contributed by atoms with Crippen LogP contribution in [0.2, 0.25) is 0 Å². The molecule has 1 atom stereocenters. The highest BCUT2D eigenvalue weighted by Gasteiger charge is 2.16. The van der Waals surface area contributed by atoms with Crippen LogP contribution in [0.5, 0.6) is 0 Å². The Hall–Kier alpha value is -1.56. The second kappa shape index (κ2) is 7.89. The Bertz CT molecular complexity index is 462. The van der Waals surface area contributed by atoms with Crippen LogP contribution in [-0.2, 0) is 11.2 Å². The predicted octanol–water partition coefficient (Wildman–Crippen LogP) is 2.35. The molecule has 1 unspecified atom stereocenters. The van der Waals surface area contributed by atoms with Gasteiger partial charge in [-0.2, -0.15) is 0 Å². The van der Waals surface area contributed by atoms with Crippen LogP contribution in [0, 0.1) is 5.92 Å². The number of halogens is 1. The summed E-state index contributed by atoms with van der Waals surface area (Å²) in [7, 11) is 1.59. The van der Waals surface area contributed by atoms with Crippen molar-refractivity contribution in [3.63, 3.8) is 0 Å². The van der Waals surface area contributed by atoms with Gasteiger partial charge >= 0.3 is 12.0 Å². The average molecular weight is 343 g/mol. The third-order valence-electron chi connectivity index (χ3n) is 2.92. The molecule has 0 heterocycles. The molecule has 0 aliphatic carbocycles. The number of hydrogen-bond acceptors (Lipinski definition) is 2. The van der Waals surface area contributed by atoms with Crippen molar-refractivity contribution in [1.82, 2.24) is 10.2 Å². The fraction of sp³-hybridized carbons (Fsp3) is 0.429. The first kappa shape index (κ1) is 16.5. The maximum Gasteiger partial charge on any atom is 0.317 e. The molecular formula is C14H19BrN2O3. The minimum atomic E-state index is -0.903. The van der Waals surface area contributed by atoms with Crippen LogP contribution < -0.4 is 5.32 Å². The van der Waals surface area contributed by atoms with E-state index >= 15 is 0 Å². The van der Waals surface area contributed by atoms with Crippen LogP contribution in [0.3, 0.4) is 0 Å². The van der Waals surface area contributed by atoms with Crippen molar-refractivity contribution in [2.45, 2.75) is 13.3 Å². The van der Waals surface area contributed by atoms with Crippen LogP contribution in [-0.4, -0.2) is 42.1 Å². The summed E-state index contributed by atoms with van der Waals surface area (Å²) in [5, 5.41) is 11.6. The number of urea groups is 1. The molecule has 6 heteroatoms. The molecule has 0 aromatic heterocycles. The van der Waals surface area contributed by atoms with Gasteiger partial charge in [0.05, 0.1) is 5.92 Å². The van der Waals surface area contributed by atoms with E-state index < -0.39 is 11.9 Å². The number of nitrogens with zero attached hydrogens (tertiary/aromatic N) is 1. The van der Waals surface area contributed by atoms with E-state index in [2.05, 4.69) is 21.2 Å². The first-order chi connectivity index (χ1) is 9.40. The molecule has 5 nitrogen and oxygen atoms in total. The molecule has 0 saturated carbocycles. The third-order valence-corrected chi connectivity index (χ3v) is 3.45. The molecule has 2 N–H and O–H groups in total. The topological polar surface area (TPSA) is 69.6 Å². The number of aliphatic carboxylic acids is 1. The number of benzene rings is 1.